The normalized spacial score (nSPS) is 26.5. The lowest BCUT2D eigenvalue weighted by Crippen LogP contribution is -2.36. The molecule has 0 aromatic carbocycles. The molecule has 74 valence electrons. The monoisotopic (exact) mass is 189 g/mol. The highest BCUT2D eigenvalue weighted by Gasteiger charge is 2.51. The van der Waals surface area contributed by atoms with Gasteiger partial charge in [0, 0.05) is 13.0 Å². The summed E-state index contributed by atoms with van der Waals surface area (Å²) in [5, 5.41) is 0. The molecule has 0 N–H and O–H groups in total. The average molecular weight is 189 g/mol. The summed E-state index contributed by atoms with van der Waals surface area (Å²) in [6.45, 7) is 5.68. The first-order valence-corrected chi connectivity index (χ1v) is 4.34. The predicted octanol–water partition coefficient (Wildman–Crippen LogP) is 1.82. The van der Waals surface area contributed by atoms with Gasteiger partial charge in [0.1, 0.15) is 0 Å². The van der Waals surface area contributed by atoms with Crippen molar-refractivity contribution in [2.45, 2.75) is 31.7 Å². The zero-order valence-corrected chi connectivity index (χ0v) is 7.59. The number of nitrogens with zero attached hydrogens (tertiary/aromatic N) is 1. The maximum Gasteiger partial charge on any atom is 0.327 e. The minimum absolute atomic E-state index is 0.380. The molecule has 0 spiro atoms. The van der Waals surface area contributed by atoms with Crippen LogP contribution in [0.5, 0.6) is 0 Å². The van der Waals surface area contributed by atoms with Crippen LogP contribution >= 0.6 is 0 Å². The summed E-state index contributed by atoms with van der Waals surface area (Å²) < 4.78 is 25.8. The highest BCUT2D eigenvalue weighted by Crippen LogP contribution is 2.33. The number of halogens is 2. The van der Waals surface area contributed by atoms with Crippen molar-refractivity contribution in [2.75, 3.05) is 6.54 Å². The van der Waals surface area contributed by atoms with Gasteiger partial charge in [-0.1, -0.05) is 13.0 Å². The molecule has 0 aliphatic carbocycles. The lowest BCUT2D eigenvalue weighted by molar-refractivity contribution is -0.148. The zero-order chi connectivity index (χ0) is 10.1. The van der Waals surface area contributed by atoms with Crippen LogP contribution in [-0.2, 0) is 4.79 Å². The molecular weight excluding hydrogens is 176 g/mol. The molecule has 4 heteroatoms. The molecule has 0 aromatic rings. The van der Waals surface area contributed by atoms with Crippen LogP contribution in [0.25, 0.3) is 0 Å². The number of carbonyl (C=O) groups excluding carboxylic acids is 1. The Balaban J connectivity index is 2.80. The minimum atomic E-state index is -3.19. The third-order valence-corrected chi connectivity index (χ3v) is 2.18. The Morgan fingerprint density at radius 1 is 1.77 bits per heavy atom. The molecule has 1 atom stereocenters. The smallest absolute Gasteiger partial charge is 0.327 e. The highest BCUT2D eigenvalue weighted by molar-refractivity contribution is 5.86. The Kier molecular flexibility index (Phi) is 2.68. The molecule has 1 aliphatic heterocycles. The lowest BCUT2D eigenvalue weighted by Gasteiger charge is -2.20. The Bertz CT molecular complexity index is 228. The van der Waals surface area contributed by atoms with Gasteiger partial charge in [0.2, 0.25) is 0 Å². The van der Waals surface area contributed by atoms with E-state index < -0.39 is 24.3 Å². The third-order valence-electron chi connectivity index (χ3n) is 2.18. The first kappa shape index (κ1) is 10.2. The number of rotatable bonds is 3. The van der Waals surface area contributed by atoms with Crippen LogP contribution in [0.1, 0.15) is 19.8 Å². The van der Waals surface area contributed by atoms with Crippen molar-refractivity contribution in [1.29, 1.82) is 0 Å². The van der Waals surface area contributed by atoms with E-state index in [1.54, 1.807) is 0 Å². The first-order chi connectivity index (χ1) is 6.03. The van der Waals surface area contributed by atoms with Gasteiger partial charge in [-0.05, 0) is 6.42 Å². The number of hydrogen-bond donors (Lipinski definition) is 0. The van der Waals surface area contributed by atoms with Crippen LogP contribution in [0.15, 0.2) is 12.7 Å². The summed E-state index contributed by atoms with van der Waals surface area (Å²) in [7, 11) is 0. The molecule has 0 bridgehead atoms. The molecule has 1 unspecified atom stereocenters. The quantitative estimate of drug-likeness (QED) is 0.620. The van der Waals surface area contributed by atoms with E-state index in [1.807, 2.05) is 6.92 Å². The van der Waals surface area contributed by atoms with Gasteiger partial charge < -0.3 is 4.90 Å². The maximum absolute atomic E-state index is 12.9. The van der Waals surface area contributed by atoms with Crippen molar-refractivity contribution in [2.24, 2.45) is 0 Å². The van der Waals surface area contributed by atoms with Crippen LogP contribution in [-0.4, -0.2) is 29.3 Å². The number of carbonyl (C=O) groups is 1. The van der Waals surface area contributed by atoms with E-state index in [2.05, 4.69) is 6.58 Å². The number of alkyl halides is 2. The molecule has 13 heavy (non-hydrogen) atoms. The molecule has 0 saturated carbocycles. The fraction of sp³-hybridized carbons (Fsp3) is 0.667. The van der Waals surface area contributed by atoms with Crippen molar-refractivity contribution in [3.05, 3.63) is 12.7 Å². The van der Waals surface area contributed by atoms with Gasteiger partial charge in [0.15, 0.2) is 0 Å². The molecule has 1 heterocycles. The Labute approximate surface area is 76.2 Å². The van der Waals surface area contributed by atoms with Gasteiger partial charge in [0.05, 0.1) is 6.04 Å². The van der Waals surface area contributed by atoms with Crippen molar-refractivity contribution in [3.63, 3.8) is 0 Å². The second kappa shape index (κ2) is 3.44. The summed E-state index contributed by atoms with van der Waals surface area (Å²) in [4.78, 5) is 12.3. The van der Waals surface area contributed by atoms with Gasteiger partial charge in [-0.3, -0.25) is 4.79 Å². The highest BCUT2D eigenvalue weighted by atomic mass is 19.3. The summed E-state index contributed by atoms with van der Waals surface area (Å²) in [6.07, 6.45) is 1.68. The molecule has 1 saturated heterocycles. The Hall–Kier alpha value is -0.930. The van der Waals surface area contributed by atoms with E-state index in [4.69, 9.17) is 0 Å². The number of hydrogen-bond acceptors (Lipinski definition) is 1. The van der Waals surface area contributed by atoms with E-state index in [0.29, 0.717) is 13.0 Å². The van der Waals surface area contributed by atoms with Gasteiger partial charge in [-0.25, -0.2) is 0 Å². The Morgan fingerprint density at radius 2 is 2.38 bits per heavy atom. The van der Waals surface area contributed by atoms with Crippen molar-refractivity contribution in [3.8, 4) is 0 Å². The third kappa shape index (κ3) is 1.71. The largest absolute Gasteiger partial charge is 0.331 e. The summed E-state index contributed by atoms with van der Waals surface area (Å²) >= 11 is 0. The van der Waals surface area contributed by atoms with Crippen molar-refractivity contribution < 1.29 is 13.6 Å². The molecule has 2 nitrogen and oxygen atoms in total. The molecular formula is C9H13F2NO. The maximum atomic E-state index is 12.9. The van der Waals surface area contributed by atoms with E-state index >= 15 is 0 Å². The number of likely N-dealkylation sites (tertiary alicyclic amines) is 1. The second-order valence-corrected chi connectivity index (χ2v) is 3.21. The van der Waals surface area contributed by atoms with E-state index in [-0.39, 0.29) is 0 Å². The molecule has 1 rings (SSSR count). The lowest BCUT2D eigenvalue weighted by atomic mass is 10.2. The van der Waals surface area contributed by atoms with Crippen LogP contribution in [0.3, 0.4) is 0 Å². The zero-order valence-electron chi connectivity index (χ0n) is 7.59. The Morgan fingerprint density at radius 3 is 2.85 bits per heavy atom. The fourth-order valence-electron chi connectivity index (χ4n) is 1.54. The van der Waals surface area contributed by atoms with Gasteiger partial charge in [-0.15, -0.1) is 6.58 Å². The summed E-state index contributed by atoms with van der Waals surface area (Å²) in [5.74, 6) is -4.24. The van der Waals surface area contributed by atoms with E-state index in [1.165, 1.54) is 11.0 Å². The van der Waals surface area contributed by atoms with Crippen LogP contribution in [0, 0.1) is 0 Å². The average Bonchev–Trinajstić information content (AvgIpc) is 2.29. The fourth-order valence-corrected chi connectivity index (χ4v) is 1.54. The van der Waals surface area contributed by atoms with E-state index in [9.17, 15) is 13.6 Å². The molecule has 1 fully saturated rings. The van der Waals surface area contributed by atoms with Crippen molar-refractivity contribution >= 4 is 5.91 Å². The molecule has 0 aromatic heterocycles. The van der Waals surface area contributed by atoms with Gasteiger partial charge >= 0.3 is 5.92 Å². The first-order valence-electron chi connectivity index (χ1n) is 4.34. The number of amides is 1. The topological polar surface area (TPSA) is 20.3 Å². The van der Waals surface area contributed by atoms with Crippen LogP contribution in [0.4, 0.5) is 8.78 Å². The molecule has 0 radical (unpaired) electrons. The SMILES string of the molecule is C=CC1CC(F)(F)C(=O)N1CCC. The van der Waals surface area contributed by atoms with Gasteiger partial charge in [-0.2, -0.15) is 8.78 Å². The predicted molar refractivity (Wildman–Crippen MR) is 45.6 cm³/mol. The van der Waals surface area contributed by atoms with Crippen LogP contribution < -0.4 is 0 Å². The second-order valence-electron chi connectivity index (χ2n) is 3.21. The standard InChI is InChI=1S/C9H13F2NO/c1-3-5-12-7(4-2)6-9(10,11)8(12)13/h4,7H,2-3,5-6H2,1H3. The summed E-state index contributed by atoms with van der Waals surface area (Å²) in [5.41, 5.74) is 0. The van der Waals surface area contributed by atoms with Crippen molar-refractivity contribution in [1.82, 2.24) is 4.90 Å². The van der Waals surface area contributed by atoms with Crippen LogP contribution in [0.2, 0.25) is 0 Å². The molecule has 1 amide bonds. The van der Waals surface area contributed by atoms with Gasteiger partial charge in [0.25, 0.3) is 5.91 Å². The van der Waals surface area contributed by atoms with E-state index in [0.717, 1.165) is 0 Å². The summed E-state index contributed by atoms with van der Waals surface area (Å²) in [6, 6.07) is -0.498. The minimum Gasteiger partial charge on any atom is -0.331 e. The molecule has 1 aliphatic rings.